The monoisotopic (exact) mass is 414 g/mol. The molecule has 152 valence electrons. The van der Waals surface area contributed by atoms with Gasteiger partial charge in [-0.1, -0.05) is 23.9 Å². The number of thioether (sulfide) groups is 1. The van der Waals surface area contributed by atoms with Gasteiger partial charge in [0.25, 0.3) is 0 Å². The predicted molar refractivity (Wildman–Crippen MR) is 111 cm³/mol. The summed E-state index contributed by atoms with van der Waals surface area (Å²) in [5, 5.41) is 11.2. The van der Waals surface area contributed by atoms with Crippen LogP contribution in [0.5, 0.6) is 0 Å². The van der Waals surface area contributed by atoms with Crippen LogP contribution < -0.4 is 11.2 Å². The number of furan rings is 1. The molecular formula is C19H22N6O3S. The Balaban J connectivity index is 1.53. The van der Waals surface area contributed by atoms with E-state index < -0.39 is 0 Å². The molecule has 3 aromatic rings. The standard InChI is InChI=1S/C19H22N6O3S/c1-12-6-7-13(2)14(9-12)21-16(26)10-24(3)17(27)11-29-19-23-22-18(25(19)20)15-5-4-8-28-15/h4-9H,10-11,20H2,1-3H3,(H,21,26). The van der Waals surface area contributed by atoms with Crippen molar-refractivity contribution in [2.45, 2.75) is 19.0 Å². The van der Waals surface area contributed by atoms with Crippen molar-refractivity contribution in [3.8, 4) is 11.6 Å². The van der Waals surface area contributed by atoms with E-state index in [1.165, 1.54) is 15.8 Å². The van der Waals surface area contributed by atoms with Crippen LogP contribution in [0.3, 0.4) is 0 Å². The van der Waals surface area contributed by atoms with Crippen molar-refractivity contribution in [1.29, 1.82) is 0 Å². The fourth-order valence-corrected chi connectivity index (χ4v) is 3.35. The van der Waals surface area contributed by atoms with Crippen molar-refractivity contribution < 1.29 is 14.0 Å². The highest BCUT2D eigenvalue weighted by atomic mass is 32.2. The lowest BCUT2D eigenvalue weighted by atomic mass is 10.1. The lowest BCUT2D eigenvalue weighted by Crippen LogP contribution is -2.36. The Hall–Kier alpha value is -3.27. The van der Waals surface area contributed by atoms with E-state index in [1.807, 2.05) is 32.0 Å². The summed E-state index contributed by atoms with van der Waals surface area (Å²) in [6, 6.07) is 9.26. The van der Waals surface area contributed by atoms with Gasteiger partial charge in [0.05, 0.1) is 18.6 Å². The Bertz CT molecular complexity index is 1020. The Morgan fingerprint density at radius 2 is 2.07 bits per heavy atom. The number of likely N-dealkylation sites (N-methyl/N-ethyl adjacent to an activating group) is 1. The second-order valence-corrected chi connectivity index (χ2v) is 7.50. The molecule has 1 aromatic carbocycles. The zero-order chi connectivity index (χ0) is 21.0. The summed E-state index contributed by atoms with van der Waals surface area (Å²) in [7, 11) is 1.58. The third kappa shape index (κ3) is 4.96. The lowest BCUT2D eigenvalue weighted by molar-refractivity contribution is -0.131. The van der Waals surface area contributed by atoms with Crippen molar-refractivity contribution in [1.82, 2.24) is 19.8 Å². The number of aromatic nitrogens is 3. The summed E-state index contributed by atoms with van der Waals surface area (Å²) in [5.41, 5.74) is 2.75. The topological polar surface area (TPSA) is 119 Å². The molecule has 29 heavy (non-hydrogen) atoms. The maximum Gasteiger partial charge on any atom is 0.243 e. The molecule has 3 rings (SSSR count). The first kappa shape index (κ1) is 20.5. The van der Waals surface area contributed by atoms with Crippen LogP contribution in [0.1, 0.15) is 11.1 Å². The number of aryl methyl sites for hydroxylation is 2. The van der Waals surface area contributed by atoms with Crippen LogP contribution in [0.25, 0.3) is 11.6 Å². The maximum absolute atomic E-state index is 12.4. The molecule has 0 aliphatic carbocycles. The second kappa shape index (κ2) is 8.82. The van der Waals surface area contributed by atoms with E-state index in [1.54, 1.807) is 19.2 Å². The number of benzene rings is 1. The summed E-state index contributed by atoms with van der Waals surface area (Å²) in [6.45, 7) is 3.82. The number of nitrogen functional groups attached to an aromatic ring is 1. The molecule has 0 spiro atoms. The lowest BCUT2D eigenvalue weighted by Gasteiger charge is -2.17. The molecule has 0 aliphatic rings. The first-order chi connectivity index (χ1) is 13.8. The Morgan fingerprint density at radius 1 is 1.28 bits per heavy atom. The summed E-state index contributed by atoms with van der Waals surface area (Å²) in [6.07, 6.45) is 1.51. The molecule has 3 N–H and O–H groups in total. The van der Waals surface area contributed by atoms with E-state index in [0.717, 1.165) is 28.6 Å². The summed E-state index contributed by atoms with van der Waals surface area (Å²) < 4.78 is 6.52. The number of carbonyl (C=O) groups is 2. The molecule has 0 radical (unpaired) electrons. The third-order valence-corrected chi connectivity index (χ3v) is 5.13. The van der Waals surface area contributed by atoms with Gasteiger partial charge >= 0.3 is 0 Å². The molecule has 10 heteroatoms. The number of nitrogens with two attached hydrogens (primary N) is 1. The molecule has 0 aliphatic heterocycles. The summed E-state index contributed by atoms with van der Waals surface area (Å²) in [5.74, 6) is 6.40. The molecule has 2 amide bonds. The highest BCUT2D eigenvalue weighted by Gasteiger charge is 2.18. The molecule has 2 aromatic heterocycles. The minimum Gasteiger partial charge on any atom is -0.461 e. The van der Waals surface area contributed by atoms with Crippen LogP contribution in [0, 0.1) is 13.8 Å². The largest absolute Gasteiger partial charge is 0.461 e. The molecule has 0 bridgehead atoms. The van der Waals surface area contributed by atoms with Gasteiger partial charge in [-0.2, -0.15) is 0 Å². The highest BCUT2D eigenvalue weighted by Crippen LogP contribution is 2.22. The third-order valence-electron chi connectivity index (χ3n) is 4.20. The summed E-state index contributed by atoms with van der Waals surface area (Å²) in [4.78, 5) is 26.0. The predicted octanol–water partition coefficient (Wildman–Crippen LogP) is 2.06. The normalized spacial score (nSPS) is 10.7. The summed E-state index contributed by atoms with van der Waals surface area (Å²) >= 11 is 1.14. The number of hydrogen-bond acceptors (Lipinski definition) is 7. The molecule has 0 fully saturated rings. The van der Waals surface area contributed by atoms with Gasteiger partial charge in [-0.15, -0.1) is 10.2 Å². The Labute approximate surface area is 172 Å². The van der Waals surface area contributed by atoms with Crippen molar-refractivity contribution in [2.24, 2.45) is 0 Å². The van der Waals surface area contributed by atoms with Gasteiger partial charge in [0.2, 0.25) is 22.8 Å². The zero-order valence-electron chi connectivity index (χ0n) is 16.4. The van der Waals surface area contributed by atoms with Crippen molar-refractivity contribution >= 4 is 29.3 Å². The van der Waals surface area contributed by atoms with E-state index in [2.05, 4.69) is 15.5 Å². The van der Waals surface area contributed by atoms with Gasteiger partial charge in [0.15, 0.2) is 5.76 Å². The van der Waals surface area contributed by atoms with E-state index in [9.17, 15) is 9.59 Å². The van der Waals surface area contributed by atoms with E-state index in [0.29, 0.717) is 16.7 Å². The molecule has 0 atom stereocenters. The van der Waals surface area contributed by atoms with Crippen molar-refractivity contribution in [3.05, 3.63) is 47.7 Å². The quantitative estimate of drug-likeness (QED) is 0.448. The molecule has 2 heterocycles. The van der Waals surface area contributed by atoms with Gasteiger partial charge in [-0.05, 0) is 43.2 Å². The van der Waals surface area contributed by atoms with Crippen LogP contribution in [0.15, 0.2) is 46.2 Å². The number of rotatable bonds is 7. The Kier molecular flexibility index (Phi) is 6.23. The van der Waals surface area contributed by atoms with Crippen molar-refractivity contribution in [2.75, 3.05) is 30.5 Å². The minimum absolute atomic E-state index is 0.0558. The number of carbonyl (C=O) groups excluding carboxylic acids is 2. The van der Waals surface area contributed by atoms with Gasteiger partial charge in [0.1, 0.15) is 0 Å². The molecule has 0 saturated heterocycles. The molecule has 0 unspecified atom stereocenters. The van der Waals surface area contributed by atoms with Gasteiger partial charge < -0.3 is 20.5 Å². The van der Waals surface area contributed by atoms with Crippen LogP contribution in [0.4, 0.5) is 5.69 Å². The number of nitrogens with zero attached hydrogens (tertiary/aromatic N) is 4. The highest BCUT2D eigenvalue weighted by molar-refractivity contribution is 7.99. The number of anilines is 1. The van der Waals surface area contributed by atoms with Crippen LogP contribution >= 0.6 is 11.8 Å². The zero-order valence-corrected chi connectivity index (χ0v) is 17.2. The van der Waals surface area contributed by atoms with Crippen LogP contribution in [0.2, 0.25) is 0 Å². The first-order valence-corrected chi connectivity index (χ1v) is 9.82. The van der Waals surface area contributed by atoms with Gasteiger partial charge in [-0.3, -0.25) is 9.59 Å². The number of nitrogens with one attached hydrogen (secondary N) is 1. The fourth-order valence-electron chi connectivity index (χ4n) is 2.55. The molecule has 9 nitrogen and oxygen atoms in total. The average molecular weight is 414 g/mol. The number of amides is 2. The average Bonchev–Trinajstić information content (AvgIpc) is 3.32. The first-order valence-electron chi connectivity index (χ1n) is 8.83. The van der Waals surface area contributed by atoms with Crippen LogP contribution in [-0.2, 0) is 9.59 Å². The van der Waals surface area contributed by atoms with Gasteiger partial charge in [0, 0.05) is 12.7 Å². The maximum atomic E-state index is 12.4. The second-order valence-electron chi connectivity index (χ2n) is 6.56. The van der Waals surface area contributed by atoms with E-state index in [-0.39, 0.29) is 24.1 Å². The molecular weight excluding hydrogens is 392 g/mol. The van der Waals surface area contributed by atoms with E-state index >= 15 is 0 Å². The van der Waals surface area contributed by atoms with Crippen LogP contribution in [-0.4, -0.2) is 50.9 Å². The molecule has 0 saturated carbocycles. The fraction of sp³-hybridized carbons (Fsp3) is 0.263. The van der Waals surface area contributed by atoms with E-state index in [4.69, 9.17) is 10.3 Å². The minimum atomic E-state index is -0.262. The Morgan fingerprint density at radius 3 is 2.79 bits per heavy atom. The van der Waals surface area contributed by atoms with Gasteiger partial charge in [-0.25, -0.2) is 4.68 Å². The number of hydrogen-bond donors (Lipinski definition) is 2. The van der Waals surface area contributed by atoms with Crippen molar-refractivity contribution in [3.63, 3.8) is 0 Å². The SMILES string of the molecule is Cc1ccc(C)c(NC(=O)CN(C)C(=O)CSc2nnc(-c3ccco3)n2N)c1. The smallest absolute Gasteiger partial charge is 0.243 e.